The van der Waals surface area contributed by atoms with E-state index in [0.717, 1.165) is 36.8 Å². The lowest BCUT2D eigenvalue weighted by atomic mass is 9.97. The predicted octanol–water partition coefficient (Wildman–Crippen LogP) is 3.94. The van der Waals surface area contributed by atoms with Crippen molar-refractivity contribution in [3.63, 3.8) is 0 Å². The van der Waals surface area contributed by atoms with E-state index in [1.165, 1.54) is 0 Å². The van der Waals surface area contributed by atoms with E-state index in [1.54, 1.807) is 12.3 Å². The van der Waals surface area contributed by atoms with Crippen LogP contribution in [-0.2, 0) is 0 Å². The van der Waals surface area contributed by atoms with Gasteiger partial charge in [-0.05, 0) is 30.4 Å². The summed E-state index contributed by atoms with van der Waals surface area (Å²) in [4.78, 5) is 24.0. The van der Waals surface area contributed by atoms with Crippen LogP contribution < -0.4 is 5.43 Å². The van der Waals surface area contributed by atoms with E-state index in [9.17, 15) is 14.7 Å². The van der Waals surface area contributed by atoms with Crippen LogP contribution >= 0.6 is 0 Å². The summed E-state index contributed by atoms with van der Waals surface area (Å²) < 4.78 is 2.06. The number of rotatable bonds is 3. The number of carboxylic acid groups (broad SMARTS) is 1. The third-order valence-corrected chi connectivity index (χ3v) is 4.65. The molecule has 4 heteroatoms. The molecule has 1 aliphatic carbocycles. The summed E-state index contributed by atoms with van der Waals surface area (Å²) in [7, 11) is 0. The van der Waals surface area contributed by atoms with Gasteiger partial charge in [0.25, 0.3) is 0 Å². The molecule has 0 unspecified atom stereocenters. The summed E-state index contributed by atoms with van der Waals surface area (Å²) in [5, 5.41) is 9.88. The molecule has 0 radical (unpaired) electrons. The van der Waals surface area contributed by atoms with E-state index in [1.807, 2.05) is 12.1 Å². The molecule has 0 bridgehead atoms. The molecule has 1 aromatic carbocycles. The van der Waals surface area contributed by atoms with Gasteiger partial charge in [0.05, 0.1) is 5.52 Å². The van der Waals surface area contributed by atoms with Gasteiger partial charge >= 0.3 is 5.97 Å². The summed E-state index contributed by atoms with van der Waals surface area (Å²) in [5.41, 5.74) is 1.53. The van der Waals surface area contributed by atoms with Gasteiger partial charge in [-0.1, -0.05) is 38.8 Å². The van der Waals surface area contributed by atoms with Gasteiger partial charge in [0, 0.05) is 17.6 Å². The zero-order valence-corrected chi connectivity index (χ0v) is 13.0. The first-order chi connectivity index (χ1) is 10.5. The zero-order chi connectivity index (χ0) is 15.9. The maximum atomic E-state index is 12.5. The number of hydrogen-bond acceptors (Lipinski definition) is 2. The third kappa shape index (κ3) is 2.32. The Labute approximate surface area is 129 Å². The van der Waals surface area contributed by atoms with E-state index in [2.05, 4.69) is 18.4 Å². The molecule has 3 rings (SSSR count). The first kappa shape index (κ1) is 14.8. The second-order valence-electron chi connectivity index (χ2n) is 6.42. The van der Waals surface area contributed by atoms with Crippen molar-refractivity contribution in [3.05, 3.63) is 45.7 Å². The Hall–Kier alpha value is -2.10. The van der Waals surface area contributed by atoms with Crippen LogP contribution in [0.1, 0.15) is 67.4 Å². The number of aromatic carboxylic acids is 1. The Balaban J connectivity index is 2.41. The Morgan fingerprint density at radius 2 is 1.95 bits per heavy atom. The molecule has 0 amide bonds. The van der Waals surface area contributed by atoms with E-state index in [-0.39, 0.29) is 16.9 Å². The third-order valence-electron chi connectivity index (χ3n) is 4.65. The molecular formula is C18H21NO3. The highest BCUT2D eigenvalue weighted by Gasteiger charge is 2.23. The second kappa shape index (κ2) is 5.59. The van der Waals surface area contributed by atoms with Crippen LogP contribution in [0.25, 0.3) is 10.9 Å². The molecule has 1 N–H and O–H groups in total. The van der Waals surface area contributed by atoms with Gasteiger partial charge in [0.1, 0.15) is 5.56 Å². The topological polar surface area (TPSA) is 59.3 Å². The molecule has 1 aliphatic rings. The average Bonchev–Trinajstić information content (AvgIpc) is 3.00. The van der Waals surface area contributed by atoms with Gasteiger partial charge < -0.3 is 9.67 Å². The van der Waals surface area contributed by atoms with E-state index >= 15 is 0 Å². The normalized spacial score (nSPS) is 15.8. The number of fused-ring (bicyclic) bond motifs is 1. The molecule has 0 atom stereocenters. The molecule has 0 spiro atoms. The van der Waals surface area contributed by atoms with Crippen molar-refractivity contribution in [2.75, 3.05) is 0 Å². The van der Waals surface area contributed by atoms with Crippen molar-refractivity contribution < 1.29 is 9.90 Å². The van der Waals surface area contributed by atoms with Crippen molar-refractivity contribution in [3.8, 4) is 0 Å². The van der Waals surface area contributed by atoms with Crippen LogP contribution in [0, 0.1) is 0 Å². The number of nitrogens with zero attached hydrogens (tertiary/aromatic N) is 1. The van der Waals surface area contributed by atoms with Gasteiger partial charge in [-0.2, -0.15) is 0 Å². The number of para-hydroxylation sites is 1. The Bertz CT molecular complexity index is 783. The van der Waals surface area contributed by atoms with Crippen molar-refractivity contribution in [1.29, 1.82) is 0 Å². The standard InChI is InChI=1S/C18H21NO3/c1-11(2)13-8-5-9-14-16(13)19(12-6-3-4-7-12)10-15(17(14)20)18(21)22/h5,8-12H,3-4,6-7H2,1-2H3,(H,21,22). The SMILES string of the molecule is CC(C)c1cccc2c(=O)c(C(=O)O)cn(C3CCCC3)c12. The van der Waals surface area contributed by atoms with Crippen LogP contribution in [0.2, 0.25) is 0 Å². The van der Waals surface area contributed by atoms with E-state index in [4.69, 9.17) is 0 Å². The molecule has 2 aromatic rings. The first-order valence-corrected chi connectivity index (χ1v) is 7.91. The molecule has 0 aliphatic heterocycles. The molecule has 1 saturated carbocycles. The fourth-order valence-electron chi connectivity index (χ4n) is 3.53. The van der Waals surface area contributed by atoms with E-state index < -0.39 is 5.97 Å². The minimum absolute atomic E-state index is 0.125. The van der Waals surface area contributed by atoms with Crippen molar-refractivity contribution in [1.82, 2.24) is 4.57 Å². The zero-order valence-electron chi connectivity index (χ0n) is 13.0. The number of carboxylic acids is 1. The van der Waals surface area contributed by atoms with Gasteiger partial charge in [-0.3, -0.25) is 4.79 Å². The Morgan fingerprint density at radius 1 is 1.27 bits per heavy atom. The monoisotopic (exact) mass is 299 g/mol. The Morgan fingerprint density at radius 3 is 2.55 bits per heavy atom. The number of benzene rings is 1. The summed E-state index contributed by atoms with van der Waals surface area (Å²) >= 11 is 0. The number of aromatic nitrogens is 1. The van der Waals surface area contributed by atoms with E-state index in [0.29, 0.717) is 11.4 Å². The Kier molecular flexibility index (Phi) is 3.77. The summed E-state index contributed by atoms with van der Waals surface area (Å²) in [6.07, 6.45) is 5.97. The highest BCUT2D eigenvalue weighted by atomic mass is 16.4. The van der Waals surface area contributed by atoms with Gasteiger partial charge in [0.2, 0.25) is 5.43 Å². The lowest BCUT2D eigenvalue weighted by Gasteiger charge is -2.22. The minimum atomic E-state index is -1.14. The average molecular weight is 299 g/mol. The van der Waals surface area contributed by atoms with Crippen molar-refractivity contribution >= 4 is 16.9 Å². The summed E-state index contributed by atoms with van der Waals surface area (Å²) in [6, 6.07) is 5.94. The van der Waals surface area contributed by atoms with Crippen LogP contribution in [0.4, 0.5) is 0 Å². The smallest absolute Gasteiger partial charge is 0.341 e. The van der Waals surface area contributed by atoms with Crippen molar-refractivity contribution in [2.45, 2.75) is 51.5 Å². The summed E-state index contributed by atoms with van der Waals surface area (Å²) in [5.74, 6) is -0.861. The van der Waals surface area contributed by atoms with Gasteiger partial charge in [0.15, 0.2) is 0 Å². The highest BCUT2D eigenvalue weighted by molar-refractivity contribution is 5.93. The molecule has 4 nitrogen and oxygen atoms in total. The maximum Gasteiger partial charge on any atom is 0.341 e. The molecule has 1 fully saturated rings. The fourth-order valence-corrected chi connectivity index (χ4v) is 3.53. The van der Waals surface area contributed by atoms with Gasteiger partial charge in [-0.25, -0.2) is 4.79 Å². The first-order valence-electron chi connectivity index (χ1n) is 7.91. The second-order valence-corrected chi connectivity index (χ2v) is 6.42. The molecule has 1 aromatic heterocycles. The summed E-state index contributed by atoms with van der Waals surface area (Å²) in [6.45, 7) is 4.20. The predicted molar refractivity (Wildman–Crippen MR) is 86.8 cm³/mol. The quantitative estimate of drug-likeness (QED) is 0.934. The number of carbonyl (C=O) groups is 1. The van der Waals surface area contributed by atoms with Crippen LogP contribution in [0.15, 0.2) is 29.2 Å². The number of hydrogen-bond donors (Lipinski definition) is 1. The largest absolute Gasteiger partial charge is 0.477 e. The molecule has 1 heterocycles. The van der Waals surface area contributed by atoms with Crippen molar-refractivity contribution in [2.24, 2.45) is 0 Å². The van der Waals surface area contributed by atoms with Crippen LogP contribution in [0.5, 0.6) is 0 Å². The molecule has 22 heavy (non-hydrogen) atoms. The molecule has 0 saturated heterocycles. The lowest BCUT2D eigenvalue weighted by molar-refractivity contribution is 0.0694. The van der Waals surface area contributed by atoms with Crippen LogP contribution in [0.3, 0.4) is 0 Å². The molecule has 116 valence electrons. The highest BCUT2D eigenvalue weighted by Crippen LogP contribution is 2.34. The maximum absolute atomic E-state index is 12.5. The lowest BCUT2D eigenvalue weighted by Crippen LogP contribution is -2.21. The molecular weight excluding hydrogens is 278 g/mol. The van der Waals surface area contributed by atoms with Crippen LogP contribution in [-0.4, -0.2) is 15.6 Å². The fraction of sp³-hybridized carbons (Fsp3) is 0.444. The minimum Gasteiger partial charge on any atom is -0.477 e. The van der Waals surface area contributed by atoms with Gasteiger partial charge in [-0.15, -0.1) is 0 Å². The number of pyridine rings is 1.